The van der Waals surface area contributed by atoms with Gasteiger partial charge in [0.2, 0.25) is 0 Å². The largest absolute Gasteiger partial charge is 0.465 e. The van der Waals surface area contributed by atoms with Gasteiger partial charge in [-0.05, 0) is 61.2 Å². The van der Waals surface area contributed by atoms with Crippen LogP contribution < -0.4 is 5.32 Å². The Kier molecular flexibility index (Phi) is 6.22. The number of hydrogen-bond donors (Lipinski definition) is 1. The standard InChI is InChI=1S/C26H25FN4O2/c1-5-18-7-6-8-19(11-18)23-13-24(31(30-23)25-16(2)14-28-15-17(25)3)29-22-10-9-20(27)12-21(22)26(32)33-4/h6-15,29H,5H2,1-4H3. The molecule has 0 aliphatic rings. The van der Waals surface area contributed by atoms with E-state index in [0.29, 0.717) is 11.5 Å². The van der Waals surface area contributed by atoms with Crippen LogP contribution in [-0.4, -0.2) is 27.8 Å². The molecule has 0 saturated heterocycles. The lowest BCUT2D eigenvalue weighted by Gasteiger charge is -2.15. The van der Waals surface area contributed by atoms with E-state index in [0.717, 1.165) is 40.6 Å². The predicted octanol–water partition coefficient (Wildman–Crippen LogP) is 5.78. The van der Waals surface area contributed by atoms with E-state index in [1.807, 2.05) is 32.0 Å². The Morgan fingerprint density at radius 3 is 2.55 bits per heavy atom. The van der Waals surface area contributed by atoms with Gasteiger partial charge >= 0.3 is 5.97 Å². The molecule has 4 rings (SSSR count). The Morgan fingerprint density at radius 2 is 1.85 bits per heavy atom. The summed E-state index contributed by atoms with van der Waals surface area (Å²) in [6.07, 6.45) is 4.48. The number of nitrogens with one attached hydrogen (secondary N) is 1. The lowest BCUT2D eigenvalue weighted by Crippen LogP contribution is -2.10. The van der Waals surface area contributed by atoms with Crippen LogP contribution in [0.3, 0.4) is 0 Å². The fourth-order valence-corrected chi connectivity index (χ4v) is 3.80. The smallest absolute Gasteiger partial charge is 0.340 e. The molecule has 0 aliphatic heterocycles. The Labute approximate surface area is 192 Å². The number of ether oxygens (including phenoxy) is 1. The van der Waals surface area contributed by atoms with Crippen molar-refractivity contribution in [3.63, 3.8) is 0 Å². The van der Waals surface area contributed by atoms with Crippen molar-refractivity contribution in [3.8, 4) is 16.9 Å². The van der Waals surface area contributed by atoms with Crippen LogP contribution in [0.4, 0.5) is 15.9 Å². The molecular weight excluding hydrogens is 419 g/mol. The second kappa shape index (κ2) is 9.24. The normalized spacial score (nSPS) is 10.8. The van der Waals surface area contributed by atoms with Crippen molar-refractivity contribution >= 4 is 17.5 Å². The summed E-state index contributed by atoms with van der Waals surface area (Å²) in [7, 11) is 1.27. The van der Waals surface area contributed by atoms with Crippen molar-refractivity contribution in [1.29, 1.82) is 0 Å². The summed E-state index contributed by atoms with van der Waals surface area (Å²) in [6.45, 7) is 6.04. The molecule has 0 spiro atoms. The number of anilines is 2. The number of aryl methyl sites for hydroxylation is 3. The molecule has 1 N–H and O–H groups in total. The van der Waals surface area contributed by atoms with Crippen molar-refractivity contribution in [1.82, 2.24) is 14.8 Å². The molecule has 0 unspecified atom stereocenters. The van der Waals surface area contributed by atoms with Crippen LogP contribution in [0.25, 0.3) is 16.9 Å². The Balaban J connectivity index is 1.89. The van der Waals surface area contributed by atoms with Crippen LogP contribution in [-0.2, 0) is 11.2 Å². The molecule has 4 aromatic rings. The second-order valence-electron chi connectivity index (χ2n) is 7.81. The zero-order valence-electron chi connectivity index (χ0n) is 19.0. The first kappa shape index (κ1) is 22.2. The quantitative estimate of drug-likeness (QED) is 0.382. The minimum atomic E-state index is -0.629. The molecule has 2 aromatic heterocycles. The van der Waals surface area contributed by atoms with Gasteiger partial charge in [0.1, 0.15) is 11.6 Å². The van der Waals surface area contributed by atoms with Crippen LogP contribution in [0.1, 0.15) is 34.0 Å². The Hall–Kier alpha value is -4.00. The fourth-order valence-electron chi connectivity index (χ4n) is 3.80. The van der Waals surface area contributed by atoms with Gasteiger partial charge in [-0.3, -0.25) is 4.98 Å². The number of carbonyl (C=O) groups excluding carboxylic acids is 1. The van der Waals surface area contributed by atoms with E-state index in [1.165, 1.54) is 24.8 Å². The van der Waals surface area contributed by atoms with Gasteiger partial charge in [-0.1, -0.05) is 25.1 Å². The number of aromatic nitrogens is 3. The molecule has 0 amide bonds. The number of esters is 1. The number of pyridine rings is 1. The molecule has 2 heterocycles. The number of nitrogens with zero attached hydrogens (tertiary/aromatic N) is 3. The highest BCUT2D eigenvalue weighted by molar-refractivity contribution is 5.96. The first-order valence-corrected chi connectivity index (χ1v) is 10.7. The average Bonchev–Trinajstić information content (AvgIpc) is 3.23. The molecule has 168 valence electrons. The molecular formula is C26H25FN4O2. The minimum Gasteiger partial charge on any atom is -0.465 e. The minimum absolute atomic E-state index is 0.1000. The zero-order valence-corrected chi connectivity index (χ0v) is 19.0. The maximum absolute atomic E-state index is 13.9. The third kappa shape index (κ3) is 4.48. The highest BCUT2D eigenvalue weighted by Crippen LogP contribution is 2.31. The first-order valence-electron chi connectivity index (χ1n) is 10.7. The maximum Gasteiger partial charge on any atom is 0.340 e. The van der Waals surface area contributed by atoms with Gasteiger partial charge in [0.15, 0.2) is 0 Å². The molecule has 7 heteroatoms. The topological polar surface area (TPSA) is 69.0 Å². The van der Waals surface area contributed by atoms with Crippen molar-refractivity contribution in [2.75, 3.05) is 12.4 Å². The summed E-state index contributed by atoms with van der Waals surface area (Å²) in [5.74, 6) is -0.524. The summed E-state index contributed by atoms with van der Waals surface area (Å²) in [6, 6.07) is 14.1. The number of methoxy groups -OCH3 is 1. The highest BCUT2D eigenvalue weighted by Gasteiger charge is 2.19. The van der Waals surface area contributed by atoms with E-state index >= 15 is 0 Å². The van der Waals surface area contributed by atoms with E-state index in [1.54, 1.807) is 17.1 Å². The third-order valence-corrected chi connectivity index (χ3v) is 5.49. The summed E-state index contributed by atoms with van der Waals surface area (Å²) in [5, 5.41) is 8.16. The number of halogens is 1. The summed E-state index contributed by atoms with van der Waals surface area (Å²) >= 11 is 0. The van der Waals surface area contributed by atoms with Crippen LogP contribution in [0, 0.1) is 19.7 Å². The van der Waals surface area contributed by atoms with Gasteiger partial charge in [-0.25, -0.2) is 13.9 Å². The van der Waals surface area contributed by atoms with Crippen LogP contribution >= 0.6 is 0 Å². The Morgan fingerprint density at radius 1 is 1.09 bits per heavy atom. The van der Waals surface area contributed by atoms with E-state index < -0.39 is 11.8 Å². The van der Waals surface area contributed by atoms with Crippen LogP contribution in [0.15, 0.2) is 60.9 Å². The number of rotatable bonds is 6. The number of carbonyl (C=O) groups is 1. The fraction of sp³-hybridized carbons (Fsp3) is 0.192. The summed E-state index contributed by atoms with van der Waals surface area (Å²) in [5.41, 5.74) is 6.25. The molecule has 0 radical (unpaired) electrons. The lowest BCUT2D eigenvalue weighted by molar-refractivity contribution is 0.0601. The van der Waals surface area contributed by atoms with Gasteiger partial charge in [0, 0.05) is 24.0 Å². The van der Waals surface area contributed by atoms with Gasteiger partial charge in [0.25, 0.3) is 0 Å². The molecule has 0 atom stereocenters. The third-order valence-electron chi connectivity index (χ3n) is 5.49. The Bertz CT molecular complexity index is 1310. The second-order valence-corrected chi connectivity index (χ2v) is 7.81. The molecule has 33 heavy (non-hydrogen) atoms. The molecule has 0 bridgehead atoms. The van der Waals surface area contributed by atoms with E-state index in [-0.39, 0.29) is 5.56 Å². The number of hydrogen-bond acceptors (Lipinski definition) is 5. The number of benzene rings is 2. The van der Waals surface area contributed by atoms with Gasteiger partial charge in [0.05, 0.1) is 29.7 Å². The molecule has 0 aliphatic carbocycles. The van der Waals surface area contributed by atoms with Crippen LogP contribution in [0.2, 0.25) is 0 Å². The van der Waals surface area contributed by atoms with Crippen molar-refractivity contribution in [3.05, 3.63) is 89.0 Å². The van der Waals surface area contributed by atoms with Crippen molar-refractivity contribution in [2.45, 2.75) is 27.2 Å². The summed E-state index contributed by atoms with van der Waals surface area (Å²) in [4.78, 5) is 16.5. The molecule has 0 fully saturated rings. The van der Waals surface area contributed by atoms with Gasteiger partial charge in [-0.15, -0.1) is 0 Å². The van der Waals surface area contributed by atoms with Crippen molar-refractivity contribution < 1.29 is 13.9 Å². The van der Waals surface area contributed by atoms with Crippen LogP contribution in [0.5, 0.6) is 0 Å². The molecule has 2 aromatic carbocycles. The maximum atomic E-state index is 13.9. The molecule has 6 nitrogen and oxygen atoms in total. The SMILES string of the molecule is CCc1cccc(-c2cc(Nc3ccc(F)cc3C(=O)OC)n(-c3c(C)cncc3C)n2)c1. The molecule has 0 saturated carbocycles. The van der Waals surface area contributed by atoms with E-state index in [9.17, 15) is 9.18 Å². The predicted molar refractivity (Wildman–Crippen MR) is 127 cm³/mol. The van der Waals surface area contributed by atoms with Crippen molar-refractivity contribution in [2.24, 2.45) is 0 Å². The highest BCUT2D eigenvalue weighted by atomic mass is 19.1. The lowest BCUT2D eigenvalue weighted by atomic mass is 10.1. The summed E-state index contributed by atoms with van der Waals surface area (Å²) < 4.78 is 20.5. The van der Waals surface area contributed by atoms with E-state index in [2.05, 4.69) is 29.4 Å². The van der Waals surface area contributed by atoms with Gasteiger partial charge < -0.3 is 10.1 Å². The monoisotopic (exact) mass is 444 g/mol. The average molecular weight is 445 g/mol. The van der Waals surface area contributed by atoms with Gasteiger partial charge in [-0.2, -0.15) is 5.10 Å². The first-order chi connectivity index (χ1) is 15.9. The van der Waals surface area contributed by atoms with E-state index in [4.69, 9.17) is 9.84 Å². The zero-order chi connectivity index (χ0) is 23.5.